The Morgan fingerprint density at radius 1 is 1.10 bits per heavy atom. The number of nitrogens with zero attached hydrogens (tertiary/aromatic N) is 3. The van der Waals surface area contributed by atoms with Crippen LogP contribution in [0.5, 0.6) is 5.75 Å². The molecule has 0 radical (unpaired) electrons. The molecular weight excluding hydrogens is 414 g/mol. The van der Waals surface area contributed by atoms with Gasteiger partial charge in [-0.2, -0.15) is 0 Å². The van der Waals surface area contributed by atoms with E-state index in [1.165, 1.54) is 11.1 Å². The number of hydrogen-bond donors (Lipinski definition) is 0. The van der Waals surface area contributed by atoms with Gasteiger partial charge in [-0.15, -0.1) is 0 Å². The Balaban J connectivity index is 1.36. The van der Waals surface area contributed by atoms with Gasteiger partial charge in [-0.25, -0.2) is 0 Å². The molecule has 162 valence electrons. The Bertz CT molecular complexity index is 1040. The van der Waals surface area contributed by atoms with Gasteiger partial charge in [0, 0.05) is 37.7 Å². The fourth-order valence-electron chi connectivity index (χ4n) is 3.65. The van der Waals surface area contributed by atoms with Crippen molar-refractivity contribution in [2.75, 3.05) is 26.2 Å². The first-order chi connectivity index (χ1) is 15.0. The third-order valence-electron chi connectivity index (χ3n) is 5.55. The lowest BCUT2D eigenvalue weighted by atomic mass is 10.1. The fourth-order valence-corrected chi connectivity index (χ4v) is 3.83. The highest BCUT2D eigenvalue weighted by Gasteiger charge is 2.28. The zero-order valence-electron chi connectivity index (χ0n) is 17.8. The molecule has 3 aromatic rings. The summed E-state index contributed by atoms with van der Waals surface area (Å²) in [5, 5.41) is 4.63. The first-order valence-electron chi connectivity index (χ1n) is 10.4. The van der Waals surface area contributed by atoms with Crippen LogP contribution in [0.2, 0.25) is 5.02 Å². The number of benzene rings is 2. The van der Waals surface area contributed by atoms with Crippen LogP contribution < -0.4 is 4.74 Å². The monoisotopic (exact) mass is 439 g/mol. The van der Waals surface area contributed by atoms with E-state index in [9.17, 15) is 4.79 Å². The molecule has 1 fully saturated rings. The van der Waals surface area contributed by atoms with E-state index in [0.717, 1.165) is 19.6 Å². The van der Waals surface area contributed by atoms with Gasteiger partial charge in [-0.3, -0.25) is 9.69 Å². The van der Waals surface area contributed by atoms with E-state index in [4.69, 9.17) is 20.9 Å². The SMILES string of the molecule is Cc1ccc(CN2CCN(C(=O)c3noc(C)c3COc3cccc(Cl)c3)CC2)cc1. The number of aryl methyl sites for hydroxylation is 2. The van der Waals surface area contributed by atoms with Crippen LogP contribution in [0.1, 0.15) is 32.9 Å². The van der Waals surface area contributed by atoms with Crippen LogP contribution in [0.25, 0.3) is 0 Å². The molecule has 0 unspecified atom stereocenters. The molecule has 1 saturated heterocycles. The van der Waals surface area contributed by atoms with Crippen molar-refractivity contribution in [1.82, 2.24) is 15.0 Å². The third-order valence-corrected chi connectivity index (χ3v) is 5.79. The first kappa shape index (κ1) is 21.4. The summed E-state index contributed by atoms with van der Waals surface area (Å²) in [6.07, 6.45) is 0. The number of carbonyl (C=O) groups excluding carboxylic acids is 1. The van der Waals surface area contributed by atoms with Crippen LogP contribution in [0.15, 0.2) is 53.1 Å². The lowest BCUT2D eigenvalue weighted by Crippen LogP contribution is -2.48. The van der Waals surface area contributed by atoms with Crippen molar-refractivity contribution >= 4 is 17.5 Å². The van der Waals surface area contributed by atoms with Crippen LogP contribution in [0.4, 0.5) is 0 Å². The molecular formula is C24H26ClN3O3. The largest absolute Gasteiger partial charge is 0.489 e. The molecule has 0 aliphatic carbocycles. The van der Waals surface area contributed by atoms with Crippen LogP contribution in [0, 0.1) is 13.8 Å². The van der Waals surface area contributed by atoms with Gasteiger partial charge in [0.05, 0.1) is 5.56 Å². The lowest BCUT2D eigenvalue weighted by molar-refractivity contribution is 0.0616. The molecule has 2 aromatic carbocycles. The zero-order chi connectivity index (χ0) is 21.8. The predicted octanol–water partition coefficient (Wildman–Crippen LogP) is 4.48. The van der Waals surface area contributed by atoms with E-state index in [1.54, 1.807) is 19.1 Å². The van der Waals surface area contributed by atoms with Crippen molar-refractivity contribution in [3.8, 4) is 5.75 Å². The number of carbonyl (C=O) groups is 1. The topological polar surface area (TPSA) is 58.8 Å². The molecule has 31 heavy (non-hydrogen) atoms. The average molecular weight is 440 g/mol. The second-order valence-corrected chi connectivity index (χ2v) is 8.30. The summed E-state index contributed by atoms with van der Waals surface area (Å²) < 4.78 is 11.1. The molecule has 0 spiro atoms. The van der Waals surface area contributed by atoms with Gasteiger partial charge in [0.15, 0.2) is 5.69 Å². The van der Waals surface area contributed by atoms with Gasteiger partial charge in [0.25, 0.3) is 5.91 Å². The van der Waals surface area contributed by atoms with Crippen LogP contribution in [-0.2, 0) is 13.2 Å². The van der Waals surface area contributed by atoms with Crippen molar-refractivity contribution in [2.45, 2.75) is 27.0 Å². The number of rotatable bonds is 6. The van der Waals surface area contributed by atoms with Gasteiger partial charge in [-0.1, -0.05) is 52.7 Å². The molecule has 0 saturated carbocycles. The van der Waals surface area contributed by atoms with Crippen LogP contribution in [-0.4, -0.2) is 47.0 Å². The van der Waals surface area contributed by atoms with Crippen molar-refractivity contribution in [1.29, 1.82) is 0 Å². The summed E-state index contributed by atoms with van der Waals surface area (Å²) >= 11 is 6.01. The van der Waals surface area contributed by atoms with Gasteiger partial charge >= 0.3 is 0 Å². The predicted molar refractivity (Wildman–Crippen MR) is 119 cm³/mol. The van der Waals surface area contributed by atoms with Crippen molar-refractivity contribution in [2.24, 2.45) is 0 Å². The van der Waals surface area contributed by atoms with Gasteiger partial charge in [-0.05, 0) is 37.6 Å². The Hall–Kier alpha value is -2.83. The highest BCUT2D eigenvalue weighted by molar-refractivity contribution is 6.30. The molecule has 1 aliphatic rings. The Morgan fingerprint density at radius 3 is 2.55 bits per heavy atom. The fraction of sp³-hybridized carbons (Fsp3) is 0.333. The van der Waals surface area contributed by atoms with Crippen LogP contribution >= 0.6 is 11.6 Å². The highest BCUT2D eigenvalue weighted by Crippen LogP contribution is 2.22. The summed E-state index contributed by atoms with van der Waals surface area (Å²) in [5.41, 5.74) is 3.55. The summed E-state index contributed by atoms with van der Waals surface area (Å²) in [5.74, 6) is 1.11. The number of ether oxygens (including phenoxy) is 1. The normalized spacial score (nSPS) is 14.6. The lowest BCUT2D eigenvalue weighted by Gasteiger charge is -2.34. The number of hydrogen-bond acceptors (Lipinski definition) is 5. The standard InChI is InChI=1S/C24H26ClN3O3/c1-17-6-8-19(9-7-17)15-27-10-12-28(13-11-27)24(29)23-22(18(2)31-26-23)16-30-21-5-3-4-20(25)14-21/h3-9,14H,10-13,15-16H2,1-2H3. The number of aromatic nitrogens is 1. The summed E-state index contributed by atoms with van der Waals surface area (Å²) in [4.78, 5) is 17.3. The summed E-state index contributed by atoms with van der Waals surface area (Å²) in [7, 11) is 0. The van der Waals surface area contributed by atoms with Crippen molar-refractivity contribution in [3.63, 3.8) is 0 Å². The second-order valence-electron chi connectivity index (χ2n) is 7.87. The molecule has 2 heterocycles. The molecule has 1 aromatic heterocycles. The van der Waals surface area contributed by atoms with E-state index in [1.807, 2.05) is 17.0 Å². The maximum absolute atomic E-state index is 13.1. The average Bonchev–Trinajstić information content (AvgIpc) is 3.14. The molecule has 0 N–H and O–H groups in total. The van der Waals surface area contributed by atoms with Crippen molar-refractivity contribution < 1.29 is 14.1 Å². The Labute approximate surface area is 187 Å². The second kappa shape index (κ2) is 9.54. The number of piperazine rings is 1. The molecule has 0 atom stereocenters. The summed E-state index contributed by atoms with van der Waals surface area (Å²) in [6, 6.07) is 15.8. The smallest absolute Gasteiger partial charge is 0.276 e. The van der Waals surface area contributed by atoms with E-state index < -0.39 is 0 Å². The molecule has 0 bridgehead atoms. The zero-order valence-corrected chi connectivity index (χ0v) is 18.6. The van der Waals surface area contributed by atoms with Gasteiger partial charge in [0.1, 0.15) is 18.1 Å². The van der Waals surface area contributed by atoms with Crippen molar-refractivity contribution in [3.05, 3.63) is 81.7 Å². The van der Waals surface area contributed by atoms with Gasteiger partial charge in [0.2, 0.25) is 0 Å². The highest BCUT2D eigenvalue weighted by atomic mass is 35.5. The van der Waals surface area contributed by atoms with Gasteiger partial charge < -0.3 is 14.2 Å². The maximum atomic E-state index is 13.1. The molecule has 1 amide bonds. The van der Waals surface area contributed by atoms with E-state index in [0.29, 0.717) is 40.9 Å². The molecule has 6 nitrogen and oxygen atoms in total. The Morgan fingerprint density at radius 2 is 1.84 bits per heavy atom. The third kappa shape index (κ3) is 5.27. The van der Waals surface area contributed by atoms with E-state index in [-0.39, 0.29) is 12.5 Å². The molecule has 7 heteroatoms. The Kier molecular flexibility index (Phi) is 6.59. The van der Waals surface area contributed by atoms with E-state index in [2.05, 4.69) is 41.2 Å². The number of halogens is 1. The maximum Gasteiger partial charge on any atom is 0.276 e. The first-order valence-corrected chi connectivity index (χ1v) is 10.8. The number of amides is 1. The summed E-state index contributed by atoms with van der Waals surface area (Å²) in [6.45, 7) is 7.94. The van der Waals surface area contributed by atoms with Crippen LogP contribution in [0.3, 0.4) is 0 Å². The van der Waals surface area contributed by atoms with E-state index >= 15 is 0 Å². The minimum atomic E-state index is -0.114. The minimum absolute atomic E-state index is 0.114. The quantitative estimate of drug-likeness (QED) is 0.566. The molecule has 4 rings (SSSR count). The minimum Gasteiger partial charge on any atom is -0.489 e. The molecule has 1 aliphatic heterocycles.